The molecule has 0 aliphatic carbocycles. The number of halogens is 1. The van der Waals surface area contributed by atoms with Crippen LogP contribution < -0.4 is 5.32 Å². The molecule has 2 aromatic rings. The third kappa shape index (κ3) is 3.75. The van der Waals surface area contributed by atoms with Gasteiger partial charge in [-0.2, -0.15) is 4.31 Å². The molecule has 0 saturated carbocycles. The van der Waals surface area contributed by atoms with Crippen LogP contribution in [0.3, 0.4) is 0 Å². The minimum Gasteiger partial charge on any atom is -0.340 e. The number of piperazine rings is 1. The molecule has 4 rings (SSSR count). The Labute approximate surface area is 168 Å². The number of fused-ring (bicyclic) bond motifs is 1. The van der Waals surface area contributed by atoms with Crippen LogP contribution in [0.15, 0.2) is 53.4 Å². The van der Waals surface area contributed by atoms with Gasteiger partial charge >= 0.3 is 0 Å². The summed E-state index contributed by atoms with van der Waals surface area (Å²) in [5.74, 6) is -1.46. The number of nitrogens with zero attached hydrogens (tertiary/aromatic N) is 2. The van der Waals surface area contributed by atoms with Crippen molar-refractivity contribution in [2.24, 2.45) is 0 Å². The number of rotatable bonds is 3. The summed E-state index contributed by atoms with van der Waals surface area (Å²) in [5, 5.41) is 2.77. The predicted octanol–water partition coefficient (Wildman–Crippen LogP) is 1.78. The van der Waals surface area contributed by atoms with E-state index in [-0.39, 0.29) is 49.3 Å². The lowest BCUT2D eigenvalue weighted by Gasteiger charge is -2.36. The standard InChI is InChI=1S/C20H20FN3O4S/c21-14-5-7-15(8-6-14)29(27,28)24-11-9-23(10-12-24)20(26)17-13-19(25)22-18-4-2-1-3-16(17)18/h1-8,17H,9-13H2,(H,22,25)/t17-/m1/s1. The second-order valence-electron chi connectivity index (χ2n) is 7.08. The normalized spacial score (nSPS) is 20.1. The number of carbonyl (C=O) groups excluding carboxylic acids is 2. The van der Waals surface area contributed by atoms with Crippen LogP contribution in [0.2, 0.25) is 0 Å². The topological polar surface area (TPSA) is 86.8 Å². The van der Waals surface area contributed by atoms with Crippen LogP contribution in [0.1, 0.15) is 17.9 Å². The maximum absolute atomic E-state index is 13.1. The minimum absolute atomic E-state index is 0.0246. The maximum Gasteiger partial charge on any atom is 0.243 e. The van der Waals surface area contributed by atoms with Gasteiger partial charge in [-0.15, -0.1) is 0 Å². The van der Waals surface area contributed by atoms with E-state index < -0.39 is 21.8 Å². The van der Waals surface area contributed by atoms with Crippen LogP contribution in [0.4, 0.5) is 10.1 Å². The Morgan fingerprint density at radius 2 is 1.66 bits per heavy atom. The number of benzene rings is 2. The number of nitrogens with one attached hydrogen (secondary N) is 1. The molecule has 0 radical (unpaired) electrons. The molecule has 1 atom stereocenters. The molecule has 29 heavy (non-hydrogen) atoms. The lowest BCUT2D eigenvalue weighted by Crippen LogP contribution is -2.52. The lowest BCUT2D eigenvalue weighted by molar-refractivity contribution is -0.136. The molecule has 2 amide bonds. The van der Waals surface area contributed by atoms with Crippen molar-refractivity contribution in [3.63, 3.8) is 0 Å². The smallest absolute Gasteiger partial charge is 0.243 e. The maximum atomic E-state index is 13.1. The Kier molecular flexibility index (Phi) is 5.10. The summed E-state index contributed by atoms with van der Waals surface area (Å²) in [5.41, 5.74) is 1.41. The van der Waals surface area contributed by atoms with E-state index in [1.54, 1.807) is 17.0 Å². The van der Waals surface area contributed by atoms with Gasteiger partial charge in [-0.25, -0.2) is 12.8 Å². The second kappa shape index (κ2) is 7.57. The number of hydrogen-bond acceptors (Lipinski definition) is 4. The SMILES string of the molecule is O=C1C[C@@H](C(=O)N2CCN(S(=O)(=O)c3ccc(F)cc3)CC2)c2ccccc2N1. The number of carbonyl (C=O) groups is 2. The Morgan fingerprint density at radius 1 is 1.00 bits per heavy atom. The molecule has 1 saturated heterocycles. The molecule has 0 bridgehead atoms. The van der Waals surface area contributed by atoms with Crippen molar-refractivity contribution in [1.29, 1.82) is 0 Å². The molecular formula is C20H20FN3O4S. The Hall–Kier alpha value is -2.78. The largest absolute Gasteiger partial charge is 0.340 e. The molecule has 2 heterocycles. The van der Waals surface area contributed by atoms with Crippen LogP contribution in [-0.4, -0.2) is 55.6 Å². The van der Waals surface area contributed by atoms with E-state index in [0.29, 0.717) is 5.69 Å². The first kappa shape index (κ1) is 19.5. The molecule has 7 nitrogen and oxygen atoms in total. The first-order valence-corrected chi connectivity index (χ1v) is 10.7. The van der Waals surface area contributed by atoms with E-state index in [4.69, 9.17) is 0 Å². The van der Waals surface area contributed by atoms with E-state index >= 15 is 0 Å². The number of para-hydroxylation sites is 1. The third-order valence-corrected chi connectivity index (χ3v) is 7.21. The van der Waals surface area contributed by atoms with Gasteiger partial charge in [0.2, 0.25) is 21.8 Å². The quantitative estimate of drug-likeness (QED) is 0.825. The van der Waals surface area contributed by atoms with Crippen LogP contribution in [0.25, 0.3) is 0 Å². The molecule has 0 spiro atoms. The van der Waals surface area contributed by atoms with Crippen molar-refractivity contribution in [3.05, 3.63) is 59.9 Å². The first-order valence-electron chi connectivity index (χ1n) is 9.29. The molecular weight excluding hydrogens is 397 g/mol. The van der Waals surface area contributed by atoms with Crippen molar-refractivity contribution in [1.82, 2.24) is 9.21 Å². The van der Waals surface area contributed by atoms with Gasteiger partial charge in [0.05, 0.1) is 10.8 Å². The monoisotopic (exact) mass is 417 g/mol. The highest BCUT2D eigenvalue weighted by Gasteiger charge is 2.36. The van der Waals surface area contributed by atoms with Gasteiger partial charge in [-0.3, -0.25) is 9.59 Å². The zero-order valence-electron chi connectivity index (χ0n) is 15.5. The summed E-state index contributed by atoms with van der Waals surface area (Å²) in [6.45, 7) is 0.761. The summed E-state index contributed by atoms with van der Waals surface area (Å²) in [6, 6.07) is 11.9. The average molecular weight is 417 g/mol. The number of sulfonamides is 1. The summed E-state index contributed by atoms with van der Waals surface area (Å²) in [4.78, 5) is 26.7. The van der Waals surface area contributed by atoms with E-state index in [2.05, 4.69) is 5.32 Å². The molecule has 9 heteroatoms. The van der Waals surface area contributed by atoms with Crippen LogP contribution in [0, 0.1) is 5.82 Å². The van der Waals surface area contributed by atoms with Gasteiger partial charge in [-0.05, 0) is 35.9 Å². The number of amides is 2. The predicted molar refractivity (Wildman–Crippen MR) is 104 cm³/mol. The van der Waals surface area contributed by atoms with Crippen molar-refractivity contribution in [2.75, 3.05) is 31.5 Å². The fraction of sp³-hybridized carbons (Fsp3) is 0.300. The van der Waals surface area contributed by atoms with Gasteiger partial charge in [-0.1, -0.05) is 18.2 Å². The zero-order valence-corrected chi connectivity index (χ0v) is 16.4. The van der Waals surface area contributed by atoms with Crippen molar-refractivity contribution < 1.29 is 22.4 Å². The van der Waals surface area contributed by atoms with E-state index in [1.165, 1.54) is 16.4 Å². The van der Waals surface area contributed by atoms with Crippen molar-refractivity contribution in [2.45, 2.75) is 17.2 Å². The van der Waals surface area contributed by atoms with Gasteiger partial charge in [0.25, 0.3) is 0 Å². The fourth-order valence-corrected chi connectivity index (χ4v) is 5.18. The fourth-order valence-electron chi connectivity index (χ4n) is 3.76. The molecule has 1 N–H and O–H groups in total. The molecule has 2 aliphatic heterocycles. The third-order valence-electron chi connectivity index (χ3n) is 5.30. The molecule has 152 valence electrons. The Balaban J connectivity index is 1.47. The highest BCUT2D eigenvalue weighted by Crippen LogP contribution is 2.33. The lowest BCUT2D eigenvalue weighted by atomic mass is 9.89. The Morgan fingerprint density at radius 3 is 2.34 bits per heavy atom. The van der Waals surface area contributed by atoms with Crippen LogP contribution in [0.5, 0.6) is 0 Å². The number of hydrogen-bond donors (Lipinski definition) is 1. The molecule has 0 unspecified atom stereocenters. The van der Waals surface area contributed by atoms with Gasteiger partial charge in [0.1, 0.15) is 5.82 Å². The zero-order chi connectivity index (χ0) is 20.6. The van der Waals surface area contributed by atoms with Gasteiger partial charge in [0.15, 0.2) is 0 Å². The second-order valence-corrected chi connectivity index (χ2v) is 9.01. The molecule has 1 fully saturated rings. The highest BCUT2D eigenvalue weighted by atomic mass is 32.2. The van der Waals surface area contributed by atoms with Crippen LogP contribution >= 0.6 is 0 Å². The average Bonchev–Trinajstić information content (AvgIpc) is 2.73. The molecule has 2 aliphatic rings. The summed E-state index contributed by atoms with van der Waals surface area (Å²) < 4.78 is 39.8. The van der Waals surface area contributed by atoms with E-state index in [0.717, 1.165) is 17.7 Å². The van der Waals surface area contributed by atoms with Crippen molar-refractivity contribution in [3.8, 4) is 0 Å². The summed E-state index contributed by atoms with van der Waals surface area (Å²) in [6.07, 6.45) is 0.0734. The van der Waals surface area contributed by atoms with E-state index in [1.807, 2.05) is 12.1 Å². The Bertz CT molecular complexity index is 1050. The van der Waals surface area contributed by atoms with Crippen LogP contribution in [-0.2, 0) is 19.6 Å². The number of anilines is 1. The van der Waals surface area contributed by atoms with E-state index in [9.17, 15) is 22.4 Å². The van der Waals surface area contributed by atoms with Crippen molar-refractivity contribution >= 4 is 27.5 Å². The summed E-state index contributed by atoms with van der Waals surface area (Å²) in [7, 11) is -3.75. The molecule has 2 aromatic carbocycles. The van der Waals surface area contributed by atoms with Gasteiger partial charge in [0, 0.05) is 38.3 Å². The molecule has 0 aromatic heterocycles. The van der Waals surface area contributed by atoms with Gasteiger partial charge < -0.3 is 10.2 Å². The minimum atomic E-state index is -3.75. The summed E-state index contributed by atoms with van der Waals surface area (Å²) >= 11 is 0. The highest BCUT2D eigenvalue weighted by molar-refractivity contribution is 7.89. The first-order chi connectivity index (χ1) is 13.9.